The molecule has 1 N–H and O–H groups in total. The minimum Gasteiger partial charge on any atom is -0.315 e. The van der Waals surface area contributed by atoms with Crippen LogP contribution in [0.2, 0.25) is 0 Å². The van der Waals surface area contributed by atoms with Gasteiger partial charge in [-0.05, 0) is 50.2 Å². The number of hydrogen-bond acceptors (Lipinski definition) is 4. The summed E-state index contributed by atoms with van der Waals surface area (Å²) < 4.78 is 27.8. The van der Waals surface area contributed by atoms with Crippen LogP contribution in [0.15, 0.2) is 23.1 Å². The summed E-state index contributed by atoms with van der Waals surface area (Å²) in [7, 11) is -1.83. The summed E-state index contributed by atoms with van der Waals surface area (Å²) in [6, 6.07) is 5.10. The summed E-state index contributed by atoms with van der Waals surface area (Å²) in [5, 5.41) is 0. The molecule has 1 amide bonds. The van der Waals surface area contributed by atoms with E-state index in [1.165, 1.54) is 0 Å². The molecule has 0 aliphatic carbocycles. The normalized spacial score (nSPS) is 16.4. The molecule has 0 radical (unpaired) electrons. The molecule has 0 fully saturated rings. The fourth-order valence-electron chi connectivity index (χ4n) is 3.09. The number of benzene rings is 1. The van der Waals surface area contributed by atoms with Gasteiger partial charge in [0.1, 0.15) is 0 Å². The number of likely N-dealkylation sites (N-methyl/N-ethyl adjacent to an activating group) is 1. The van der Waals surface area contributed by atoms with Crippen LogP contribution in [-0.2, 0) is 21.2 Å². The van der Waals surface area contributed by atoms with Gasteiger partial charge >= 0.3 is 0 Å². The largest absolute Gasteiger partial charge is 0.315 e. The molecule has 1 aromatic rings. The minimum atomic E-state index is -3.55. The quantitative estimate of drug-likeness (QED) is 0.808. The van der Waals surface area contributed by atoms with Gasteiger partial charge in [0.2, 0.25) is 15.9 Å². The molecular weight excluding hydrogens is 326 g/mol. The number of fused-ring (bicyclic) bond motifs is 1. The number of amides is 1. The van der Waals surface area contributed by atoms with Crippen LogP contribution in [0.3, 0.4) is 0 Å². The van der Waals surface area contributed by atoms with Crippen LogP contribution < -0.4 is 9.62 Å². The van der Waals surface area contributed by atoms with Gasteiger partial charge in [0, 0.05) is 31.7 Å². The molecule has 0 bridgehead atoms. The summed E-state index contributed by atoms with van der Waals surface area (Å²) >= 11 is 0. The van der Waals surface area contributed by atoms with Crippen LogP contribution in [-0.4, -0.2) is 51.9 Å². The Kier molecular flexibility index (Phi) is 6.01. The first kappa shape index (κ1) is 18.9. The van der Waals surface area contributed by atoms with Crippen molar-refractivity contribution < 1.29 is 13.2 Å². The molecule has 0 saturated carbocycles. The van der Waals surface area contributed by atoms with E-state index in [1.54, 1.807) is 30.1 Å². The SMILES string of the molecule is CCN(CC)C(C)CNS(=O)(=O)c1ccc2c(c1)CCC(=O)N2C. The molecule has 7 heteroatoms. The van der Waals surface area contributed by atoms with Gasteiger partial charge in [-0.2, -0.15) is 0 Å². The number of nitrogens with one attached hydrogen (secondary N) is 1. The van der Waals surface area contributed by atoms with E-state index in [0.29, 0.717) is 19.4 Å². The van der Waals surface area contributed by atoms with Crippen LogP contribution in [0.25, 0.3) is 0 Å². The third-order valence-corrected chi connectivity index (χ3v) is 6.13. The van der Waals surface area contributed by atoms with Gasteiger partial charge in [-0.1, -0.05) is 13.8 Å². The van der Waals surface area contributed by atoms with Gasteiger partial charge in [0.05, 0.1) is 4.90 Å². The lowest BCUT2D eigenvalue weighted by molar-refractivity contribution is -0.118. The Balaban J connectivity index is 2.14. The monoisotopic (exact) mass is 353 g/mol. The maximum absolute atomic E-state index is 12.6. The third-order valence-electron chi connectivity index (χ3n) is 4.71. The zero-order valence-corrected chi connectivity index (χ0v) is 15.7. The molecule has 0 saturated heterocycles. The Labute approximate surface area is 144 Å². The zero-order chi connectivity index (χ0) is 17.9. The number of carbonyl (C=O) groups is 1. The average molecular weight is 353 g/mol. The highest BCUT2D eigenvalue weighted by atomic mass is 32.2. The second-order valence-electron chi connectivity index (χ2n) is 6.17. The van der Waals surface area contributed by atoms with Gasteiger partial charge in [0.15, 0.2) is 0 Å². The van der Waals surface area contributed by atoms with Gasteiger partial charge in [-0.25, -0.2) is 13.1 Å². The van der Waals surface area contributed by atoms with Crippen molar-refractivity contribution in [1.82, 2.24) is 9.62 Å². The number of rotatable bonds is 7. The average Bonchev–Trinajstić information content (AvgIpc) is 2.57. The summed E-state index contributed by atoms with van der Waals surface area (Å²) in [5.74, 6) is 0.0595. The number of nitrogens with zero attached hydrogens (tertiary/aromatic N) is 2. The molecule has 1 unspecified atom stereocenters. The number of aryl methyl sites for hydroxylation is 1. The van der Waals surface area contributed by atoms with Crippen LogP contribution >= 0.6 is 0 Å². The van der Waals surface area contributed by atoms with E-state index in [9.17, 15) is 13.2 Å². The smallest absolute Gasteiger partial charge is 0.240 e. The highest BCUT2D eigenvalue weighted by Crippen LogP contribution is 2.28. The Bertz CT molecular complexity index is 699. The fourth-order valence-corrected chi connectivity index (χ4v) is 4.26. The molecule has 2 rings (SSSR count). The maximum atomic E-state index is 12.6. The number of sulfonamides is 1. The first-order chi connectivity index (χ1) is 11.3. The van der Waals surface area contributed by atoms with Crippen molar-refractivity contribution in [3.63, 3.8) is 0 Å². The Morgan fingerprint density at radius 2 is 1.92 bits per heavy atom. The maximum Gasteiger partial charge on any atom is 0.240 e. The molecule has 0 spiro atoms. The Morgan fingerprint density at radius 3 is 2.54 bits per heavy atom. The molecule has 6 nitrogen and oxygen atoms in total. The van der Waals surface area contributed by atoms with Crippen LogP contribution in [0.5, 0.6) is 0 Å². The Hall–Kier alpha value is -1.44. The predicted molar refractivity (Wildman–Crippen MR) is 95.7 cm³/mol. The number of hydrogen-bond donors (Lipinski definition) is 1. The summed E-state index contributed by atoms with van der Waals surface area (Å²) in [6.07, 6.45) is 0.997. The van der Waals surface area contributed by atoms with E-state index in [1.807, 2.05) is 6.92 Å². The first-order valence-electron chi connectivity index (χ1n) is 8.43. The van der Waals surface area contributed by atoms with Crippen LogP contribution in [0.4, 0.5) is 5.69 Å². The Morgan fingerprint density at radius 1 is 1.25 bits per heavy atom. The van der Waals surface area contributed by atoms with Gasteiger partial charge < -0.3 is 4.90 Å². The van der Waals surface area contributed by atoms with E-state index in [-0.39, 0.29) is 16.8 Å². The molecule has 134 valence electrons. The number of carbonyl (C=O) groups excluding carboxylic acids is 1. The lowest BCUT2D eigenvalue weighted by Crippen LogP contribution is -2.42. The molecule has 24 heavy (non-hydrogen) atoms. The van der Waals surface area contributed by atoms with Gasteiger partial charge in [-0.3, -0.25) is 9.69 Å². The molecule has 0 aromatic heterocycles. The van der Waals surface area contributed by atoms with Crippen molar-refractivity contribution in [3.8, 4) is 0 Å². The van der Waals surface area contributed by atoms with E-state index in [4.69, 9.17) is 0 Å². The molecule has 1 aromatic carbocycles. The van der Waals surface area contributed by atoms with Crippen LogP contribution in [0.1, 0.15) is 32.8 Å². The van der Waals surface area contributed by atoms with Crippen molar-refractivity contribution in [2.45, 2.75) is 44.6 Å². The van der Waals surface area contributed by atoms with E-state index >= 15 is 0 Å². The predicted octanol–water partition coefficient (Wildman–Crippen LogP) is 1.60. The van der Waals surface area contributed by atoms with Crippen molar-refractivity contribution in [3.05, 3.63) is 23.8 Å². The van der Waals surface area contributed by atoms with Crippen molar-refractivity contribution in [2.24, 2.45) is 0 Å². The number of anilines is 1. The summed E-state index contributed by atoms with van der Waals surface area (Å²) in [4.78, 5) is 15.8. The fraction of sp³-hybridized carbons (Fsp3) is 0.588. The van der Waals surface area contributed by atoms with Gasteiger partial charge in [-0.15, -0.1) is 0 Å². The lowest BCUT2D eigenvalue weighted by Gasteiger charge is -2.27. The topological polar surface area (TPSA) is 69.7 Å². The second kappa shape index (κ2) is 7.63. The minimum absolute atomic E-state index is 0.0595. The first-order valence-corrected chi connectivity index (χ1v) is 9.91. The molecule has 1 aliphatic heterocycles. The molecule has 1 atom stereocenters. The highest BCUT2D eigenvalue weighted by molar-refractivity contribution is 7.89. The molecule has 1 aliphatic rings. The van der Waals surface area contributed by atoms with E-state index < -0.39 is 10.0 Å². The van der Waals surface area contributed by atoms with E-state index in [2.05, 4.69) is 23.5 Å². The standard InChI is InChI=1S/C17H27N3O3S/c1-5-20(6-2)13(3)12-18-24(22,23)15-8-9-16-14(11-15)7-10-17(21)19(16)4/h8-9,11,13,18H,5-7,10,12H2,1-4H3. The molecule has 1 heterocycles. The summed E-state index contributed by atoms with van der Waals surface area (Å²) in [5.41, 5.74) is 1.69. The second-order valence-corrected chi connectivity index (χ2v) is 7.93. The van der Waals surface area contributed by atoms with Crippen LogP contribution in [0, 0.1) is 0 Å². The van der Waals surface area contributed by atoms with E-state index in [0.717, 1.165) is 24.3 Å². The molecular formula is C17H27N3O3S. The summed E-state index contributed by atoms with van der Waals surface area (Å²) in [6.45, 7) is 8.30. The lowest BCUT2D eigenvalue weighted by atomic mass is 10.0. The van der Waals surface area contributed by atoms with Gasteiger partial charge in [0.25, 0.3) is 0 Å². The third kappa shape index (κ3) is 3.96. The van der Waals surface area contributed by atoms with Crippen molar-refractivity contribution in [2.75, 3.05) is 31.6 Å². The highest BCUT2D eigenvalue weighted by Gasteiger charge is 2.24. The van der Waals surface area contributed by atoms with Crippen molar-refractivity contribution in [1.29, 1.82) is 0 Å². The van der Waals surface area contributed by atoms with Crippen molar-refractivity contribution >= 4 is 21.6 Å². The zero-order valence-electron chi connectivity index (χ0n) is 14.9.